The van der Waals surface area contributed by atoms with Gasteiger partial charge in [0, 0.05) is 13.1 Å². The molecule has 0 bridgehead atoms. The number of sulfonamides is 1. The van der Waals surface area contributed by atoms with Gasteiger partial charge in [-0.25, -0.2) is 8.42 Å². The Morgan fingerprint density at radius 1 is 1.26 bits per heavy atom. The summed E-state index contributed by atoms with van der Waals surface area (Å²) in [7, 11) is -3.73. The fourth-order valence-electron chi connectivity index (χ4n) is 1.83. The van der Waals surface area contributed by atoms with Gasteiger partial charge < -0.3 is 21.3 Å². The molecule has 0 aliphatic carbocycles. The molecule has 8 nitrogen and oxygen atoms in total. The maximum Gasteiger partial charge on any atom is 0.243 e. The molecule has 0 aliphatic rings. The number of nitrogens with two attached hydrogens (primary N) is 2. The maximum atomic E-state index is 12.6. The Morgan fingerprint density at radius 2 is 1.91 bits per heavy atom. The lowest BCUT2D eigenvalue weighted by atomic mass is 10.3. The van der Waals surface area contributed by atoms with Gasteiger partial charge in [0.1, 0.15) is 5.75 Å². The van der Waals surface area contributed by atoms with E-state index in [9.17, 15) is 8.42 Å². The molecule has 0 unspecified atom stereocenters. The van der Waals surface area contributed by atoms with Crippen LogP contribution < -0.4 is 16.2 Å². The summed E-state index contributed by atoms with van der Waals surface area (Å²) in [6.45, 7) is 2.44. The Balaban J connectivity index is 2.88. The zero-order valence-electron chi connectivity index (χ0n) is 13.2. The van der Waals surface area contributed by atoms with Crippen molar-refractivity contribution in [1.29, 1.82) is 0 Å². The molecule has 9 heteroatoms. The predicted octanol–water partition coefficient (Wildman–Crippen LogP) is -0.268. The lowest BCUT2D eigenvalue weighted by molar-refractivity contribution is 0.255. The third-order valence-corrected chi connectivity index (χ3v) is 4.84. The van der Waals surface area contributed by atoms with Gasteiger partial charge in [-0.05, 0) is 30.7 Å². The van der Waals surface area contributed by atoms with E-state index in [0.717, 1.165) is 10.7 Å². The zero-order valence-corrected chi connectivity index (χ0v) is 14.0. The average molecular weight is 344 g/mol. The first kappa shape index (κ1) is 19.2. The van der Waals surface area contributed by atoms with E-state index in [-0.39, 0.29) is 37.1 Å². The largest absolute Gasteiger partial charge is 0.494 e. The number of rotatable bonds is 10. The molecule has 1 aromatic rings. The van der Waals surface area contributed by atoms with E-state index in [1.54, 1.807) is 12.1 Å². The van der Waals surface area contributed by atoms with Crippen LogP contribution in [0.25, 0.3) is 0 Å². The van der Waals surface area contributed by atoms with Gasteiger partial charge in [-0.15, -0.1) is 0 Å². The number of ether oxygens (including phenoxy) is 1. The Bertz CT molecular complexity index is 598. The second-order valence-electron chi connectivity index (χ2n) is 4.75. The number of hydrogen-bond donors (Lipinski definition) is 3. The summed E-state index contributed by atoms with van der Waals surface area (Å²) in [6, 6.07) is 6.17. The topological polar surface area (TPSA) is 131 Å². The van der Waals surface area contributed by atoms with E-state index in [1.807, 2.05) is 6.92 Å². The Kier molecular flexibility index (Phi) is 7.79. The monoisotopic (exact) mass is 344 g/mol. The third kappa shape index (κ3) is 6.05. The summed E-state index contributed by atoms with van der Waals surface area (Å²) >= 11 is 0. The van der Waals surface area contributed by atoms with Crippen molar-refractivity contribution in [3.63, 3.8) is 0 Å². The molecule has 0 aromatic heterocycles. The van der Waals surface area contributed by atoms with Crippen LogP contribution in [-0.4, -0.2) is 56.6 Å². The predicted molar refractivity (Wildman–Crippen MR) is 88.7 cm³/mol. The summed E-state index contributed by atoms with van der Waals surface area (Å²) in [4.78, 5) is 3.89. The van der Waals surface area contributed by atoms with E-state index < -0.39 is 10.0 Å². The van der Waals surface area contributed by atoms with Crippen LogP contribution in [0.2, 0.25) is 0 Å². The van der Waals surface area contributed by atoms with Gasteiger partial charge in [0.25, 0.3) is 0 Å². The molecule has 0 heterocycles. The number of nitrogens with zero attached hydrogens (tertiary/aromatic N) is 2. The fraction of sp³-hybridized carbons (Fsp3) is 0.500. The van der Waals surface area contributed by atoms with E-state index in [1.165, 1.54) is 12.1 Å². The number of aliphatic hydroxyl groups excluding tert-OH is 1. The van der Waals surface area contributed by atoms with Crippen molar-refractivity contribution in [2.75, 3.05) is 32.8 Å². The molecular formula is C14H24N4O4S. The minimum absolute atomic E-state index is 0.0313. The second-order valence-corrected chi connectivity index (χ2v) is 6.69. The lowest BCUT2D eigenvalue weighted by Crippen LogP contribution is -2.36. The summed E-state index contributed by atoms with van der Waals surface area (Å²) in [5, 5.41) is 9.09. The Hall–Kier alpha value is -1.84. The highest BCUT2D eigenvalue weighted by molar-refractivity contribution is 7.89. The van der Waals surface area contributed by atoms with E-state index >= 15 is 0 Å². The maximum absolute atomic E-state index is 12.6. The molecule has 0 amide bonds. The summed E-state index contributed by atoms with van der Waals surface area (Å²) < 4.78 is 31.7. The Morgan fingerprint density at radius 3 is 2.43 bits per heavy atom. The number of hydrogen-bond acceptors (Lipinski definition) is 5. The molecule has 0 saturated heterocycles. The van der Waals surface area contributed by atoms with Crippen molar-refractivity contribution in [1.82, 2.24) is 4.31 Å². The SMILES string of the molecule is CCCOc1ccc(S(=O)(=O)N(CCO)CCN=C(N)N)cc1. The highest BCUT2D eigenvalue weighted by atomic mass is 32.2. The highest BCUT2D eigenvalue weighted by Crippen LogP contribution is 2.19. The number of aliphatic hydroxyl groups is 1. The molecule has 0 aliphatic heterocycles. The van der Waals surface area contributed by atoms with Crippen LogP contribution in [0.3, 0.4) is 0 Å². The van der Waals surface area contributed by atoms with E-state index in [2.05, 4.69) is 4.99 Å². The van der Waals surface area contributed by atoms with Gasteiger partial charge >= 0.3 is 0 Å². The lowest BCUT2D eigenvalue weighted by Gasteiger charge is -2.20. The summed E-state index contributed by atoms with van der Waals surface area (Å²) in [6.07, 6.45) is 0.870. The van der Waals surface area contributed by atoms with Crippen molar-refractivity contribution in [2.45, 2.75) is 18.2 Å². The summed E-state index contributed by atoms with van der Waals surface area (Å²) in [5.74, 6) is 0.504. The molecule has 23 heavy (non-hydrogen) atoms. The molecule has 0 saturated carbocycles. The minimum atomic E-state index is -3.73. The van der Waals surface area contributed by atoms with E-state index in [0.29, 0.717) is 12.4 Å². The van der Waals surface area contributed by atoms with Crippen molar-refractivity contribution >= 4 is 16.0 Å². The Labute approximate surface area is 136 Å². The standard InChI is InChI=1S/C14H24N4O4S/c1-2-11-22-12-3-5-13(6-4-12)23(20,21)18(9-10-19)8-7-17-14(15)16/h3-6,19H,2,7-11H2,1H3,(H4,15,16,17). The van der Waals surface area contributed by atoms with E-state index in [4.69, 9.17) is 21.3 Å². The van der Waals surface area contributed by atoms with Crippen LogP contribution in [-0.2, 0) is 10.0 Å². The van der Waals surface area contributed by atoms with Gasteiger partial charge in [0.05, 0.1) is 24.7 Å². The summed E-state index contributed by atoms with van der Waals surface area (Å²) in [5.41, 5.74) is 10.5. The normalized spacial score (nSPS) is 11.4. The first-order valence-electron chi connectivity index (χ1n) is 7.31. The molecule has 130 valence electrons. The van der Waals surface area contributed by atoms with Crippen LogP contribution in [0, 0.1) is 0 Å². The van der Waals surface area contributed by atoms with Crippen LogP contribution in [0.1, 0.15) is 13.3 Å². The molecule has 5 N–H and O–H groups in total. The van der Waals surface area contributed by atoms with Gasteiger partial charge in [0.15, 0.2) is 5.96 Å². The third-order valence-electron chi connectivity index (χ3n) is 2.93. The molecule has 0 spiro atoms. The zero-order chi connectivity index (χ0) is 17.3. The number of benzene rings is 1. The minimum Gasteiger partial charge on any atom is -0.494 e. The molecule has 0 atom stereocenters. The first-order chi connectivity index (χ1) is 10.9. The highest BCUT2D eigenvalue weighted by Gasteiger charge is 2.23. The van der Waals surface area contributed by atoms with Crippen LogP contribution in [0.4, 0.5) is 0 Å². The van der Waals surface area contributed by atoms with Crippen molar-refractivity contribution in [3.05, 3.63) is 24.3 Å². The molecule has 0 radical (unpaired) electrons. The molecular weight excluding hydrogens is 320 g/mol. The number of aliphatic imine (C=N–C) groups is 1. The van der Waals surface area contributed by atoms with Crippen molar-refractivity contribution in [2.24, 2.45) is 16.5 Å². The van der Waals surface area contributed by atoms with Gasteiger partial charge in [-0.3, -0.25) is 4.99 Å². The van der Waals surface area contributed by atoms with Gasteiger partial charge in [0.2, 0.25) is 10.0 Å². The van der Waals surface area contributed by atoms with Crippen molar-refractivity contribution in [3.8, 4) is 5.75 Å². The molecule has 1 rings (SSSR count). The number of guanidine groups is 1. The second kappa shape index (κ2) is 9.33. The fourth-order valence-corrected chi connectivity index (χ4v) is 3.25. The van der Waals surface area contributed by atoms with Gasteiger partial charge in [-0.1, -0.05) is 6.92 Å². The van der Waals surface area contributed by atoms with Crippen LogP contribution in [0.15, 0.2) is 34.2 Å². The van der Waals surface area contributed by atoms with Crippen LogP contribution >= 0.6 is 0 Å². The quantitative estimate of drug-likeness (QED) is 0.395. The average Bonchev–Trinajstić information content (AvgIpc) is 2.52. The molecule has 1 aromatic carbocycles. The van der Waals surface area contributed by atoms with Crippen LogP contribution in [0.5, 0.6) is 5.75 Å². The first-order valence-corrected chi connectivity index (χ1v) is 8.75. The van der Waals surface area contributed by atoms with Gasteiger partial charge in [-0.2, -0.15) is 4.31 Å². The van der Waals surface area contributed by atoms with Crippen molar-refractivity contribution < 1.29 is 18.3 Å². The molecule has 0 fully saturated rings. The smallest absolute Gasteiger partial charge is 0.243 e.